The van der Waals surface area contributed by atoms with E-state index in [9.17, 15) is 9.67 Å². The third kappa shape index (κ3) is 6.55. The smallest absolute Gasteiger partial charge is 0.359 e. The molecular weight excluding hydrogens is 383 g/mol. The van der Waals surface area contributed by atoms with Gasteiger partial charge in [0, 0.05) is 0 Å². The molecule has 2 aliphatic rings. The van der Waals surface area contributed by atoms with Crippen molar-refractivity contribution in [1.29, 1.82) is 0 Å². The number of rotatable bonds is 8. The van der Waals surface area contributed by atoms with E-state index in [2.05, 4.69) is 41.5 Å². The summed E-state index contributed by atoms with van der Waals surface area (Å²) in [6.45, 7) is 17.2. The zero-order valence-electron chi connectivity index (χ0n) is 20.1. The quantitative estimate of drug-likeness (QED) is 0.417. The molecule has 2 rings (SSSR count). The van der Waals surface area contributed by atoms with Gasteiger partial charge in [-0.3, -0.25) is 4.57 Å². The lowest BCUT2D eigenvalue weighted by molar-refractivity contribution is -0.0186. The van der Waals surface area contributed by atoms with E-state index in [1.807, 2.05) is 13.8 Å². The molecule has 0 aromatic heterocycles. The second-order valence-corrected chi connectivity index (χ2v) is 13.2. The van der Waals surface area contributed by atoms with Crippen LogP contribution in [-0.2, 0) is 13.6 Å². The van der Waals surface area contributed by atoms with Gasteiger partial charge < -0.3 is 14.2 Å². The zero-order chi connectivity index (χ0) is 21.9. The minimum atomic E-state index is -3.66. The summed E-state index contributed by atoms with van der Waals surface area (Å²) in [6, 6.07) is 0. The number of aliphatic hydroxyl groups is 1. The number of hydrogen-bond acceptors (Lipinski definition) is 4. The van der Waals surface area contributed by atoms with E-state index in [1.54, 1.807) is 0 Å². The minimum absolute atomic E-state index is 0.100. The molecule has 0 aliphatic heterocycles. The Balaban J connectivity index is 2.28. The fraction of sp³-hybridized carbons (Fsp3) is 1.00. The SMILES string of the molecule is CC(C)[C@H]1CC[C@@H](C)C[C@H]1OP(=O)(O[C@@H]1C[C@@H](C)CC[C@H]1C(C)C)[C@H](O)C(C)C. The topological polar surface area (TPSA) is 55.8 Å². The van der Waals surface area contributed by atoms with Crippen molar-refractivity contribution in [2.24, 2.45) is 41.4 Å². The standard InChI is InChI=1S/C24H47O4P/c1-15(2)20-11-9-18(7)13-22(20)27-29(26,24(25)17(5)6)28-23-14-19(8)10-12-21(23)16(3)4/h15-25H,9-14H2,1-8H3/t18-,19+,20-,21+,22-,23-,24+,29?/m1/s1. The Morgan fingerprint density at radius 2 is 1.14 bits per heavy atom. The molecule has 2 saturated carbocycles. The van der Waals surface area contributed by atoms with Gasteiger partial charge in [0.1, 0.15) is 0 Å². The lowest BCUT2D eigenvalue weighted by atomic mass is 9.75. The van der Waals surface area contributed by atoms with Crippen molar-refractivity contribution in [3.05, 3.63) is 0 Å². The molecule has 29 heavy (non-hydrogen) atoms. The maximum Gasteiger partial charge on any atom is 0.359 e. The normalized spacial score (nSPS) is 37.1. The summed E-state index contributed by atoms with van der Waals surface area (Å²) in [5.74, 6) is 1.54. The third-order valence-electron chi connectivity index (χ3n) is 7.41. The predicted molar refractivity (Wildman–Crippen MR) is 121 cm³/mol. The van der Waals surface area contributed by atoms with Crippen LogP contribution in [0.25, 0.3) is 0 Å². The van der Waals surface area contributed by atoms with Crippen LogP contribution >= 0.6 is 7.60 Å². The summed E-state index contributed by atoms with van der Waals surface area (Å²) in [5.41, 5.74) is 0. The second kappa shape index (κ2) is 10.6. The zero-order valence-corrected chi connectivity index (χ0v) is 21.0. The summed E-state index contributed by atoms with van der Waals surface area (Å²) in [4.78, 5) is 0. The first kappa shape index (κ1) is 25.4. The van der Waals surface area contributed by atoms with Crippen molar-refractivity contribution in [3.63, 3.8) is 0 Å². The first-order chi connectivity index (χ1) is 13.4. The molecule has 0 amide bonds. The van der Waals surface area contributed by atoms with E-state index in [-0.39, 0.29) is 18.1 Å². The van der Waals surface area contributed by atoms with E-state index < -0.39 is 13.4 Å². The maximum absolute atomic E-state index is 14.1. The van der Waals surface area contributed by atoms with E-state index in [1.165, 1.54) is 12.8 Å². The van der Waals surface area contributed by atoms with Gasteiger partial charge in [0.15, 0.2) is 5.85 Å². The molecule has 0 spiro atoms. The molecule has 2 fully saturated rings. The van der Waals surface area contributed by atoms with Crippen LogP contribution in [0.5, 0.6) is 0 Å². The van der Waals surface area contributed by atoms with Gasteiger partial charge >= 0.3 is 7.60 Å². The molecule has 1 N–H and O–H groups in total. The van der Waals surface area contributed by atoms with Gasteiger partial charge in [-0.05, 0) is 67.1 Å². The van der Waals surface area contributed by atoms with Crippen molar-refractivity contribution in [1.82, 2.24) is 0 Å². The molecule has 0 bridgehead atoms. The molecular formula is C24H47O4P. The molecule has 1 unspecified atom stereocenters. The van der Waals surface area contributed by atoms with E-state index in [0.29, 0.717) is 35.5 Å². The van der Waals surface area contributed by atoms with Gasteiger partial charge in [0.25, 0.3) is 0 Å². The second-order valence-electron chi connectivity index (χ2n) is 11.1. The van der Waals surface area contributed by atoms with E-state index in [0.717, 1.165) is 25.7 Å². The molecule has 172 valence electrons. The summed E-state index contributed by atoms with van der Waals surface area (Å²) in [7, 11) is -3.66. The van der Waals surface area contributed by atoms with Crippen molar-refractivity contribution in [3.8, 4) is 0 Å². The molecule has 8 atom stereocenters. The average molecular weight is 431 g/mol. The van der Waals surface area contributed by atoms with Gasteiger partial charge in [0.2, 0.25) is 0 Å². The van der Waals surface area contributed by atoms with Gasteiger partial charge in [-0.2, -0.15) is 0 Å². The molecule has 0 heterocycles. The van der Waals surface area contributed by atoms with Crippen molar-refractivity contribution in [2.75, 3.05) is 0 Å². The molecule has 0 radical (unpaired) electrons. The highest BCUT2D eigenvalue weighted by Gasteiger charge is 2.46. The fourth-order valence-corrected chi connectivity index (χ4v) is 7.63. The molecule has 0 aromatic carbocycles. The van der Waals surface area contributed by atoms with Crippen LogP contribution in [0.2, 0.25) is 0 Å². The summed E-state index contributed by atoms with van der Waals surface area (Å²) in [6.07, 6.45) is 6.16. The Morgan fingerprint density at radius 3 is 1.45 bits per heavy atom. The van der Waals surface area contributed by atoms with Gasteiger partial charge in [0.05, 0.1) is 12.2 Å². The first-order valence-corrected chi connectivity index (χ1v) is 13.7. The summed E-state index contributed by atoms with van der Waals surface area (Å²) >= 11 is 0. The predicted octanol–water partition coefficient (Wildman–Crippen LogP) is 7.11. The summed E-state index contributed by atoms with van der Waals surface area (Å²) in [5, 5.41) is 11.0. The van der Waals surface area contributed by atoms with Crippen LogP contribution in [0.15, 0.2) is 0 Å². The molecule has 5 heteroatoms. The Labute approximate surface area is 180 Å². The van der Waals surface area contributed by atoms with Gasteiger partial charge in [-0.1, -0.05) is 68.2 Å². The molecule has 2 aliphatic carbocycles. The maximum atomic E-state index is 14.1. The first-order valence-electron chi connectivity index (χ1n) is 12.1. The van der Waals surface area contributed by atoms with Gasteiger partial charge in [-0.25, -0.2) is 0 Å². The highest BCUT2D eigenvalue weighted by molar-refractivity contribution is 7.54. The molecule has 0 aromatic rings. The monoisotopic (exact) mass is 430 g/mol. The van der Waals surface area contributed by atoms with Crippen LogP contribution in [0, 0.1) is 41.4 Å². The Morgan fingerprint density at radius 1 is 0.759 bits per heavy atom. The highest BCUT2D eigenvalue weighted by atomic mass is 31.2. The van der Waals surface area contributed by atoms with Gasteiger partial charge in [-0.15, -0.1) is 0 Å². The van der Waals surface area contributed by atoms with E-state index >= 15 is 0 Å². The molecule has 0 saturated heterocycles. The fourth-order valence-electron chi connectivity index (χ4n) is 5.36. The van der Waals surface area contributed by atoms with Crippen molar-refractivity contribution in [2.45, 2.75) is 112 Å². The number of aliphatic hydroxyl groups excluding tert-OH is 1. The van der Waals surface area contributed by atoms with Crippen LogP contribution in [0.1, 0.15) is 93.9 Å². The van der Waals surface area contributed by atoms with Crippen LogP contribution < -0.4 is 0 Å². The Kier molecular flexibility index (Phi) is 9.29. The lowest BCUT2D eigenvalue weighted by Crippen LogP contribution is -2.38. The lowest BCUT2D eigenvalue weighted by Gasteiger charge is -2.43. The van der Waals surface area contributed by atoms with Crippen LogP contribution in [-0.4, -0.2) is 23.2 Å². The highest BCUT2D eigenvalue weighted by Crippen LogP contribution is 2.60. The van der Waals surface area contributed by atoms with E-state index in [4.69, 9.17) is 9.05 Å². The minimum Gasteiger partial charge on any atom is -0.380 e. The van der Waals surface area contributed by atoms with Crippen molar-refractivity contribution >= 4 is 7.60 Å². The molecule has 4 nitrogen and oxygen atoms in total. The Hall–Kier alpha value is 0.110. The number of hydrogen-bond donors (Lipinski definition) is 1. The van der Waals surface area contributed by atoms with Crippen molar-refractivity contribution < 1.29 is 18.7 Å². The largest absolute Gasteiger partial charge is 0.380 e. The van der Waals surface area contributed by atoms with Crippen LogP contribution in [0.4, 0.5) is 0 Å². The van der Waals surface area contributed by atoms with Crippen LogP contribution in [0.3, 0.4) is 0 Å². The summed E-state index contributed by atoms with van der Waals surface area (Å²) < 4.78 is 26.9. The Bertz CT molecular complexity index is 509. The average Bonchev–Trinajstić information content (AvgIpc) is 2.60. The third-order valence-corrected chi connectivity index (χ3v) is 9.78.